The Labute approximate surface area is 150 Å². The van der Waals surface area contributed by atoms with Crippen molar-refractivity contribution in [1.82, 2.24) is 4.31 Å². The van der Waals surface area contributed by atoms with Crippen molar-refractivity contribution in [2.75, 3.05) is 20.2 Å². The Morgan fingerprint density at radius 1 is 1.00 bits per heavy atom. The maximum Gasteiger partial charge on any atom is 0.246 e. The fraction of sp³-hybridized carbons (Fsp3) is 0.250. The number of halogens is 2. The largest absolute Gasteiger partial charge is 0.497 e. The van der Waals surface area contributed by atoms with Gasteiger partial charge in [0.2, 0.25) is 10.0 Å². The lowest BCUT2D eigenvalue weighted by Gasteiger charge is -2.37. The van der Waals surface area contributed by atoms with E-state index in [0.29, 0.717) is 17.9 Å². The predicted molar refractivity (Wildman–Crippen MR) is 89.1 cm³/mol. The lowest BCUT2D eigenvalue weighted by molar-refractivity contribution is 0.308. The first-order valence-corrected chi connectivity index (χ1v) is 10.5. The number of hydrogen-bond acceptors (Lipinski definition) is 5. The van der Waals surface area contributed by atoms with Crippen LogP contribution in [0.25, 0.3) is 0 Å². The summed E-state index contributed by atoms with van der Waals surface area (Å²) in [5.41, 5.74) is 0. The van der Waals surface area contributed by atoms with Gasteiger partial charge in [-0.25, -0.2) is 25.6 Å². The van der Waals surface area contributed by atoms with E-state index in [9.17, 15) is 25.6 Å². The number of methoxy groups -OCH3 is 1. The number of sulfonamides is 1. The van der Waals surface area contributed by atoms with Gasteiger partial charge in [-0.05, 0) is 42.5 Å². The van der Waals surface area contributed by atoms with Gasteiger partial charge in [0.15, 0.2) is 9.84 Å². The van der Waals surface area contributed by atoms with Gasteiger partial charge in [0.1, 0.15) is 22.3 Å². The molecule has 0 saturated carbocycles. The summed E-state index contributed by atoms with van der Waals surface area (Å²) in [6, 6.07) is 7.82. The summed E-state index contributed by atoms with van der Waals surface area (Å²) < 4.78 is 82.7. The third kappa shape index (κ3) is 3.19. The Kier molecular flexibility index (Phi) is 4.76. The van der Waals surface area contributed by atoms with Crippen molar-refractivity contribution < 1.29 is 30.4 Å². The van der Waals surface area contributed by atoms with Gasteiger partial charge in [-0.3, -0.25) is 0 Å². The van der Waals surface area contributed by atoms with Crippen LogP contribution in [0.4, 0.5) is 8.78 Å². The van der Waals surface area contributed by atoms with E-state index >= 15 is 0 Å². The molecule has 2 aromatic carbocycles. The third-order valence-electron chi connectivity index (χ3n) is 4.15. The van der Waals surface area contributed by atoms with E-state index in [2.05, 4.69) is 0 Å². The van der Waals surface area contributed by atoms with Crippen LogP contribution >= 0.6 is 0 Å². The van der Waals surface area contributed by atoms with E-state index in [1.165, 1.54) is 31.4 Å². The average Bonchev–Trinajstić information content (AvgIpc) is 2.55. The number of ether oxygens (including phenoxy) is 1. The van der Waals surface area contributed by atoms with Gasteiger partial charge in [0.25, 0.3) is 0 Å². The summed E-state index contributed by atoms with van der Waals surface area (Å²) in [6.45, 7) is -0.653. The molecule has 0 N–H and O–H groups in total. The molecule has 0 atom stereocenters. The number of nitrogens with zero attached hydrogens (tertiary/aromatic N) is 1. The van der Waals surface area contributed by atoms with E-state index < -0.39 is 41.6 Å². The second kappa shape index (κ2) is 6.60. The van der Waals surface area contributed by atoms with Crippen LogP contribution < -0.4 is 4.74 Å². The molecule has 0 aromatic heterocycles. The van der Waals surface area contributed by atoms with Crippen molar-refractivity contribution in [3.63, 3.8) is 0 Å². The average molecular weight is 403 g/mol. The molecule has 0 unspecified atom stereocenters. The lowest BCUT2D eigenvalue weighted by Crippen LogP contribution is -2.56. The summed E-state index contributed by atoms with van der Waals surface area (Å²) in [7, 11) is -6.61. The van der Waals surface area contributed by atoms with Crippen molar-refractivity contribution in [1.29, 1.82) is 0 Å². The summed E-state index contributed by atoms with van der Waals surface area (Å²) in [5, 5.41) is -0.956. The molecule has 1 fully saturated rings. The molecule has 0 spiro atoms. The fourth-order valence-electron chi connectivity index (χ4n) is 2.57. The van der Waals surface area contributed by atoms with Crippen LogP contribution in [0.5, 0.6) is 5.75 Å². The molecule has 1 aliphatic rings. The Morgan fingerprint density at radius 3 is 2.19 bits per heavy atom. The highest BCUT2D eigenvalue weighted by Crippen LogP contribution is 2.30. The first-order chi connectivity index (χ1) is 12.2. The number of benzene rings is 2. The SMILES string of the molecule is COc1ccc(S(=O)(=O)C2CN(S(=O)(=O)c3cc(F)ccc3F)C2)cc1. The Hall–Kier alpha value is -2.04. The molecule has 0 aliphatic carbocycles. The lowest BCUT2D eigenvalue weighted by atomic mass is 10.3. The van der Waals surface area contributed by atoms with Crippen molar-refractivity contribution in [3.05, 3.63) is 54.1 Å². The summed E-state index contributed by atoms with van der Waals surface area (Å²) >= 11 is 0. The van der Waals surface area contributed by atoms with Gasteiger partial charge >= 0.3 is 0 Å². The molecular formula is C16H15F2NO5S2. The van der Waals surface area contributed by atoms with Crippen LogP contribution in [0.3, 0.4) is 0 Å². The van der Waals surface area contributed by atoms with Crippen molar-refractivity contribution >= 4 is 19.9 Å². The molecule has 0 amide bonds. The quantitative estimate of drug-likeness (QED) is 0.761. The second-order valence-electron chi connectivity index (χ2n) is 5.74. The van der Waals surface area contributed by atoms with E-state index in [1.807, 2.05) is 0 Å². The van der Waals surface area contributed by atoms with E-state index in [1.54, 1.807) is 0 Å². The Bertz CT molecular complexity index is 1030. The summed E-state index contributed by atoms with van der Waals surface area (Å²) in [4.78, 5) is -0.768. The minimum atomic E-state index is -4.31. The van der Waals surface area contributed by atoms with Crippen molar-refractivity contribution in [2.45, 2.75) is 15.0 Å². The maximum absolute atomic E-state index is 13.8. The molecule has 1 aliphatic heterocycles. The van der Waals surface area contributed by atoms with E-state index in [-0.39, 0.29) is 18.0 Å². The zero-order valence-corrected chi connectivity index (χ0v) is 15.2. The molecule has 1 saturated heterocycles. The second-order valence-corrected chi connectivity index (χ2v) is 9.87. The van der Waals surface area contributed by atoms with Gasteiger partial charge in [-0.1, -0.05) is 0 Å². The van der Waals surface area contributed by atoms with Crippen LogP contribution in [0.1, 0.15) is 0 Å². The number of rotatable bonds is 5. The minimum absolute atomic E-state index is 0.0392. The van der Waals surface area contributed by atoms with Crippen molar-refractivity contribution in [3.8, 4) is 5.75 Å². The van der Waals surface area contributed by atoms with Crippen molar-refractivity contribution in [2.24, 2.45) is 0 Å². The highest BCUT2D eigenvalue weighted by molar-refractivity contribution is 7.92. The Morgan fingerprint density at radius 2 is 1.62 bits per heavy atom. The first kappa shape index (κ1) is 18.7. The molecule has 140 valence electrons. The van der Waals surface area contributed by atoms with Crippen LogP contribution in [-0.2, 0) is 19.9 Å². The topological polar surface area (TPSA) is 80.8 Å². The van der Waals surface area contributed by atoms with Crippen LogP contribution in [0, 0.1) is 11.6 Å². The smallest absolute Gasteiger partial charge is 0.246 e. The number of hydrogen-bond donors (Lipinski definition) is 0. The Balaban J connectivity index is 1.80. The predicted octanol–water partition coefficient (Wildman–Crippen LogP) is 1.82. The summed E-state index contributed by atoms with van der Waals surface area (Å²) in [5.74, 6) is -1.50. The molecule has 10 heteroatoms. The molecule has 2 aromatic rings. The van der Waals surface area contributed by atoms with Gasteiger partial charge in [0.05, 0.1) is 17.3 Å². The van der Waals surface area contributed by atoms with Crippen LogP contribution in [0.2, 0.25) is 0 Å². The normalized spacial score (nSPS) is 16.3. The van der Waals surface area contributed by atoms with Gasteiger partial charge in [-0.2, -0.15) is 4.31 Å². The highest BCUT2D eigenvalue weighted by atomic mass is 32.2. The third-order valence-corrected chi connectivity index (χ3v) is 8.10. The van der Waals surface area contributed by atoms with Gasteiger partial charge in [-0.15, -0.1) is 0 Å². The first-order valence-electron chi connectivity index (χ1n) is 7.49. The highest BCUT2D eigenvalue weighted by Gasteiger charge is 2.45. The van der Waals surface area contributed by atoms with Gasteiger partial charge < -0.3 is 4.74 Å². The van der Waals surface area contributed by atoms with E-state index in [0.717, 1.165) is 10.4 Å². The standard InChI is InChI=1S/C16H15F2NO5S2/c1-24-12-3-5-13(6-4-12)25(20,21)14-9-19(10-14)26(22,23)16-8-11(17)2-7-15(16)18/h2-8,14H,9-10H2,1H3. The summed E-state index contributed by atoms with van der Waals surface area (Å²) in [6.07, 6.45) is 0. The van der Waals surface area contributed by atoms with Crippen LogP contribution in [-0.4, -0.2) is 46.6 Å². The molecule has 3 rings (SSSR count). The fourth-order valence-corrected chi connectivity index (χ4v) is 6.01. The molecular weight excluding hydrogens is 388 g/mol. The monoisotopic (exact) mass is 403 g/mol. The molecule has 0 radical (unpaired) electrons. The minimum Gasteiger partial charge on any atom is -0.497 e. The molecule has 0 bridgehead atoms. The van der Waals surface area contributed by atoms with E-state index in [4.69, 9.17) is 4.74 Å². The zero-order chi connectivity index (χ0) is 19.1. The zero-order valence-electron chi connectivity index (χ0n) is 13.6. The van der Waals surface area contributed by atoms with Gasteiger partial charge in [0, 0.05) is 13.1 Å². The maximum atomic E-state index is 13.8. The molecule has 26 heavy (non-hydrogen) atoms. The number of sulfone groups is 1. The van der Waals surface area contributed by atoms with Crippen LogP contribution in [0.15, 0.2) is 52.3 Å². The molecule has 6 nitrogen and oxygen atoms in total. The molecule has 1 heterocycles.